The molecule has 0 N–H and O–H groups in total. The Morgan fingerprint density at radius 1 is 0.583 bits per heavy atom. The molecular formula is C23H41In. The van der Waals surface area contributed by atoms with Crippen molar-refractivity contribution in [1.29, 1.82) is 0 Å². The van der Waals surface area contributed by atoms with Crippen molar-refractivity contribution in [3.63, 3.8) is 0 Å². The van der Waals surface area contributed by atoms with Gasteiger partial charge in [-0.15, -0.1) is 0 Å². The molecule has 24 heavy (non-hydrogen) atoms. The Hall–Kier alpha value is 0.350. The molecule has 0 aromatic carbocycles. The van der Waals surface area contributed by atoms with Crippen LogP contribution in [0.25, 0.3) is 0 Å². The molecule has 0 atom stereocenters. The molecular weight excluding hydrogens is 391 g/mol. The number of allylic oxidation sites excluding steroid dienone is 4. The molecule has 0 nitrogen and oxygen atoms in total. The first-order valence-corrected chi connectivity index (χ1v) is 12.6. The zero-order valence-corrected chi connectivity index (χ0v) is 20.2. The zero-order chi connectivity index (χ0) is 17.6. The predicted molar refractivity (Wildman–Crippen MR) is 111 cm³/mol. The summed E-state index contributed by atoms with van der Waals surface area (Å²) in [6.07, 6.45) is 22.4. The van der Waals surface area contributed by atoms with Crippen molar-refractivity contribution in [3.05, 3.63) is 20.0 Å². The molecule has 0 saturated carbocycles. The fraction of sp³-hybridized carbons (Fsp3) is 0.826. The fourth-order valence-corrected chi connectivity index (χ4v) is 5.56. The standard InChI is InChI=1S/C23H41.In/c1-4-7-10-13-16-21-19-20-22(17-14-11-8-5-2)23(21)18-15-12-9-6-3;/h4-19H2,1-3H3;. The average Bonchev–Trinajstić information content (AvgIpc) is 2.87. The zero-order valence-electron chi connectivity index (χ0n) is 16.9. The van der Waals surface area contributed by atoms with Crippen LogP contribution in [0.5, 0.6) is 0 Å². The second-order valence-electron chi connectivity index (χ2n) is 7.69. The van der Waals surface area contributed by atoms with E-state index in [0.717, 1.165) is 0 Å². The van der Waals surface area contributed by atoms with Crippen LogP contribution >= 0.6 is 0 Å². The topological polar surface area (TPSA) is 0 Å². The monoisotopic (exact) mass is 432 g/mol. The van der Waals surface area contributed by atoms with Crippen molar-refractivity contribution in [2.45, 2.75) is 124 Å². The van der Waals surface area contributed by atoms with Crippen LogP contribution in [-0.2, 0) is 0 Å². The van der Waals surface area contributed by atoms with E-state index in [-0.39, 0.29) is 0 Å². The van der Waals surface area contributed by atoms with E-state index in [1.165, 1.54) is 127 Å². The van der Waals surface area contributed by atoms with Crippen LogP contribution in [0.4, 0.5) is 0 Å². The van der Waals surface area contributed by atoms with Gasteiger partial charge in [0.05, 0.1) is 0 Å². The van der Waals surface area contributed by atoms with Crippen LogP contribution in [0, 0.1) is 0 Å². The molecule has 0 unspecified atom stereocenters. The predicted octanol–water partition coefficient (Wildman–Crippen LogP) is 8.02. The first-order chi connectivity index (χ1) is 11.7. The van der Waals surface area contributed by atoms with Gasteiger partial charge in [0.2, 0.25) is 0 Å². The maximum atomic E-state index is 2.32. The van der Waals surface area contributed by atoms with Gasteiger partial charge in [-0.25, -0.2) is 0 Å². The normalized spacial score (nSPS) is 15.0. The van der Waals surface area contributed by atoms with Crippen molar-refractivity contribution in [2.24, 2.45) is 0 Å². The molecule has 0 amide bonds. The van der Waals surface area contributed by atoms with Crippen LogP contribution < -0.4 is 0 Å². The van der Waals surface area contributed by atoms with Gasteiger partial charge in [-0.05, 0) is 0 Å². The number of unbranched alkanes of at least 4 members (excludes halogenated alkanes) is 9. The molecule has 1 rings (SSSR count). The Balaban J connectivity index is 2.61. The SMILES string of the molecule is CCCCCCC1=C(CCCCCC)C(CCCCCC)=[C]([In])C1. The molecule has 0 saturated heterocycles. The van der Waals surface area contributed by atoms with Crippen LogP contribution in [-0.4, -0.2) is 24.4 Å². The first kappa shape index (κ1) is 22.4. The maximum absolute atomic E-state index is 2.32. The van der Waals surface area contributed by atoms with E-state index < -0.39 is 0 Å². The first-order valence-electron chi connectivity index (χ1n) is 10.9. The van der Waals surface area contributed by atoms with Gasteiger partial charge in [-0.1, -0.05) is 0 Å². The van der Waals surface area contributed by atoms with Gasteiger partial charge >= 0.3 is 168 Å². The third kappa shape index (κ3) is 8.63. The minimum absolute atomic E-state index is 1.36. The summed E-state index contributed by atoms with van der Waals surface area (Å²) in [4.78, 5) is 0. The molecule has 0 aromatic rings. The Morgan fingerprint density at radius 2 is 1.04 bits per heavy atom. The Labute approximate surface area is 167 Å². The van der Waals surface area contributed by atoms with Crippen LogP contribution in [0.15, 0.2) is 20.0 Å². The van der Waals surface area contributed by atoms with E-state index in [1.54, 1.807) is 0 Å². The van der Waals surface area contributed by atoms with E-state index in [4.69, 9.17) is 0 Å². The minimum atomic E-state index is 1.36. The van der Waals surface area contributed by atoms with E-state index in [0.29, 0.717) is 0 Å². The Morgan fingerprint density at radius 3 is 1.54 bits per heavy atom. The van der Waals surface area contributed by atoms with Gasteiger partial charge < -0.3 is 0 Å². The van der Waals surface area contributed by atoms with Crippen molar-refractivity contribution < 1.29 is 0 Å². The van der Waals surface area contributed by atoms with Gasteiger partial charge in [0.25, 0.3) is 0 Å². The molecule has 0 heterocycles. The Kier molecular flexibility index (Phi) is 13.5. The molecule has 0 fully saturated rings. The van der Waals surface area contributed by atoms with E-state index in [2.05, 4.69) is 20.8 Å². The second kappa shape index (κ2) is 14.5. The van der Waals surface area contributed by atoms with Gasteiger partial charge in [0.1, 0.15) is 0 Å². The summed E-state index contributed by atoms with van der Waals surface area (Å²) in [5.74, 6) is 0. The summed E-state index contributed by atoms with van der Waals surface area (Å²) >= 11 is 1.36. The molecule has 0 bridgehead atoms. The fourth-order valence-electron chi connectivity index (χ4n) is 3.95. The third-order valence-electron chi connectivity index (χ3n) is 5.48. The van der Waals surface area contributed by atoms with Crippen molar-refractivity contribution in [2.75, 3.05) is 0 Å². The van der Waals surface area contributed by atoms with Crippen LogP contribution in [0.2, 0.25) is 0 Å². The summed E-state index contributed by atoms with van der Waals surface area (Å²) in [5, 5.41) is 0. The quantitative estimate of drug-likeness (QED) is 0.230. The van der Waals surface area contributed by atoms with Gasteiger partial charge in [0, 0.05) is 0 Å². The third-order valence-corrected chi connectivity index (χ3v) is 7.05. The van der Waals surface area contributed by atoms with Gasteiger partial charge in [-0.2, -0.15) is 0 Å². The molecule has 0 spiro atoms. The van der Waals surface area contributed by atoms with Crippen molar-refractivity contribution in [1.82, 2.24) is 0 Å². The summed E-state index contributed by atoms with van der Waals surface area (Å²) in [5.41, 5.74) is 5.55. The van der Waals surface area contributed by atoms with Crippen LogP contribution in [0.3, 0.4) is 0 Å². The van der Waals surface area contributed by atoms with Crippen molar-refractivity contribution >= 4 is 24.4 Å². The second-order valence-corrected chi connectivity index (χ2v) is 9.68. The molecule has 2 radical (unpaired) electrons. The van der Waals surface area contributed by atoms with Crippen LogP contribution in [0.1, 0.15) is 124 Å². The van der Waals surface area contributed by atoms with Gasteiger partial charge in [-0.3, -0.25) is 0 Å². The van der Waals surface area contributed by atoms with E-state index in [1.807, 2.05) is 20.0 Å². The van der Waals surface area contributed by atoms with E-state index in [9.17, 15) is 0 Å². The molecule has 0 aliphatic heterocycles. The Bertz CT molecular complexity index is 389. The molecule has 1 aliphatic rings. The average molecular weight is 432 g/mol. The summed E-state index contributed by atoms with van der Waals surface area (Å²) in [6.45, 7) is 6.96. The van der Waals surface area contributed by atoms with E-state index >= 15 is 0 Å². The molecule has 1 aliphatic carbocycles. The number of hydrogen-bond donors (Lipinski definition) is 0. The van der Waals surface area contributed by atoms with Crippen molar-refractivity contribution in [3.8, 4) is 0 Å². The summed E-state index contributed by atoms with van der Waals surface area (Å²) in [7, 11) is 0. The summed E-state index contributed by atoms with van der Waals surface area (Å²) < 4.78 is 1.84. The molecule has 0 aromatic heterocycles. The number of hydrogen-bond acceptors (Lipinski definition) is 0. The molecule has 136 valence electrons. The molecule has 1 heteroatoms. The van der Waals surface area contributed by atoms with Gasteiger partial charge in [0.15, 0.2) is 0 Å². The summed E-state index contributed by atoms with van der Waals surface area (Å²) in [6, 6.07) is 0. The number of rotatable bonds is 15.